The Labute approximate surface area is 171 Å². The van der Waals surface area contributed by atoms with Crippen LogP contribution in [0.2, 0.25) is 0 Å². The van der Waals surface area contributed by atoms with Crippen LogP contribution in [0.25, 0.3) is 0 Å². The predicted octanol–water partition coefficient (Wildman–Crippen LogP) is 2.61. The molecular weight excluding hydrogens is 348 g/mol. The van der Waals surface area contributed by atoms with Crippen molar-refractivity contribution in [2.24, 2.45) is 0 Å². The second kappa shape index (κ2) is 10.7. The molecule has 154 valence electrons. The van der Waals surface area contributed by atoms with Gasteiger partial charge in [0.2, 0.25) is 0 Å². The Morgan fingerprint density at radius 2 is 1.46 bits per heavy atom. The van der Waals surface area contributed by atoms with Crippen LogP contribution in [0.5, 0.6) is 0 Å². The molecule has 1 atom stereocenters. The molecule has 6 heteroatoms. The fraction of sp³-hybridized carbons (Fsp3) is 0.818. The van der Waals surface area contributed by atoms with Gasteiger partial charge in [-0.3, -0.25) is 0 Å². The quantitative estimate of drug-likeness (QED) is 0.600. The molecule has 6 nitrogen and oxygen atoms in total. The third-order valence-corrected chi connectivity index (χ3v) is 6.60. The summed E-state index contributed by atoms with van der Waals surface area (Å²) in [4.78, 5) is 9.70. The van der Waals surface area contributed by atoms with Crippen molar-refractivity contribution < 1.29 is 0 Å². The van der Waals surface area contributed by atoms with Gasteiger partial charge < -0.3 is 19.6 Å². The van der Waals surface area contributed by atoms with E-state index < -0.39 is 0 Å². The lowest BCUT2D eigenvalue weighted by Crippen LogP contribution is -2.33. The Morgan fingerprint density at radius 1 is 0.821 bits per heavy atom. The Bertz CT molecular complexity index is 593. The van der Waals surface area contributed by atoms with Crippen LogP contribution >= 0.6 is 0 Å². The van der Waals surface area contributed by atoms with Gasteiger partial charge in [-0.15, -0.1) is 0 Å². The standard InChI is InChI=1S/C22H36N6/c1-20-8-5-12-26(20)13-7-15-28-17-16-27(22(28)21(18-23)19-24)14-6-11-25-9-3-2-4-10-25/h20H,2-17H2,1H3. The molecule has 0 spiro atoms. The molecule has 0 bridgehead atoms. The van der Waals surface area contributed by atoms with E-state index in [1.54, 1.807) is 0 Å². The SMILES string of the molecule is CC1CCCN1CCCN1CCN(CCCN2CCCCC2)C1=C(C#N)C#N. The summed E-state index contributed by atoms with van der Waals surface area (Å²) in [5.74, 6) is 0.887. The van der Waals surface area contributed by atoms with Crippen molar-refractivity contribution in [3.05, 3.63) is 11.4 Å². The maximum atomic E-state index is 9.48. The molecule has 0 aromatic rings. The second-order valence-electron chi connectivity index (χ2n) is 8.53. The molecule has 3 fully saturated rings. The van der Waals surface area contributed by atoms with E-state index in [0.717, 1.165) is 57.9 Å². The maximum absolute atomic E-state index is 9.48. The average Bonchev–Trinajstić information content (AvgIpc) is 3.31. The van der Waals surface area contributed by atoms with Crippen molar-refractivity contribution in [2.75, 3.05) is 58.9 Å². The zero-order chi connectivity index (χ0) is 19.8. The second-order valence-corrected chi connectivity index (χ2v) is 8.53. The predicted molar refractivity (Wildman–Crippen MR) is 111 cm³/mol. The molecule has 3 heterocycles. The average molecular weight is 385 g/mol. The molecule has 0 N–H and O–H groups in total. The Hall–Kier alpha value is -1.76. The number of piperidine rings is 1. The van der Waals surface area contributed by atoms with Crippen LogP contribution in [0.15, 0.2) is 11.4 Å². The number of allylic oxidation sites excluding steroid dienone is 1. The molecule has 0 aromatic heterocycles. The van der Waals surface area contributed by atoms with Gasteiger partial charge in [-0.2, -0.15) is 10.5 Å². The van der Waals surface area contributed by atoms with Gasteiger partial charge in [-0.25, -0.2) is 0 Å². The van der Waals surface area contributed by atoms with Crippen LogP contribution in [-0.4, -0.2) is 84.5 Å². The van der Waals surface area contributed by atoms with Crippen LogP contribution < -0.4 is 0 Å². The lowest BCUT2D eigenvalue weighted by Gasteiger charge is -2.29. The molecule has 28 heavy (non-hydrogen) atoms. The third-order valence-electron chi connectivity index (χ3n) is 6.60. The van der Waals surface area contributed by atoms with E-state index in [-0.39, 0.29) is 5.57 Å². The molecule has 1 unspecified atom stereocenters. The van der Waals surface area contributed by atoms with Crippen LogP contribution in [0.1, 0.15) is 51.9 Å². The van der Waals surface area contributed by atoms with Crippen LogP contribution in [0.3, 0.4) is 0 Å². The van der Waals surface area contributed by atoms with E-state index in [2.05, 4.69) is 38.7 Å². The van der Waals surface area contributed by atoms with Gasteiger partial charge in [0.05, 0.1) is 0 Å². The van der Waals surface area contributed by atoms with E-state index >= 15 is 0 Å². The Morgan fingerprint density at radius 3 is 2.04 bits per heavy atom. The molecule has 3 rings (SSSR count). The normalized spacial score (nSPS) is 23.8. The minimum atomic E-state index is 0.282. The van der Waals surface area contributed by atoms with E-state index in [9.17, 15) is 10.5 Å². The van der Waals surface area contributed by atoms with Gasteiger partial charge in [0.25, 0.3) is 0 Å². The van der Waals surface area contributed by atoms with E-state index in [1.165, 1.54) is 51.7 Å². The number of rotatable bonds is 8. The summed E-state index contributed by atoms with van der Waals surface area (Å²) < 4.78 is 0. The molecular formula is C22H36N6. The van der Waals surface area contributed by atoms with Crippen molar-refractivity contribution in [3.8, 4) is 12.1 Å². The maximum Gasteiger partial charge on any atom is 0.169 e. The molecule has 0 saturated carbocycles. The number of likely N-dealkylation sites (tertiary alicyclic amines) is 2. The molecule has 0 aromatic carbocycles. The first-order valence-corrected chi connectivity index (χ1v) is 11.2. The van der Waals surface area contributed by atoms with Gasteiger partial charge in [0, 0.05) is 38.8 Å². The van der Waals surface area contributed by atoms with Gasteiger partial charge in [-0.05, 0) is 71.6 Å². The zero-order valence-electron chi connectivity index (χ0n) is 17.6. The van der Waals surface area contributed by atoms with Crippen molar-refractivity contribution in [3.63, 3.8) is 0 Å². The third kappa shape index (κ3) is 5.40. The lowest BCUT2D eigenvalue weighted by atomic mass is 10.1. The highest BCUT2D eigenvalue weighted by molar-refractivity contribution is 5.40. The van der Waals surface area contributed by atoms with Crippen LogP contribution in [0, 0.1) is 22.7 Å². The molecule has 0 amide bonds. The number of nitriles is 2. The van der Waals surface area contributed by atoms with Crippen molar-refractivity contribution in [2.45, 2.75) is 57.9 Å². The first-order chi connectivity index (χ1) is 13.7. The topological polar surface area (TPSA) is 60.5 Å². The molecule has 0 radical (unpaired) electrons. The smallest absolute Gasteiger partial charge is 0.169 e. The number of hydrogen-bond donors (Lipinski definition) is 0. The highest BCUT2D eigenvalue weighted by Crippen LogP contribution is 2.23. The van der Waals surface area contributed by atoms with Crippen molar-refractivity contribution >= 4 is 0 Å². The molecule has 3 aliphatic heterocycles. The van der Waals surface area contributed by atoms with Crippen molar-refractivity contribution in [1.82, 2.24) is 19.6 Å². The van der Waals surface area contributed by atoms with Gasteiger partial charge in [0.1, 0.15) is 18.0 Å². The summed E-state index contributed by atoms with van der Waals surface area (Å²) in [6, 6.07) is 5.00. The first-order valence-electron chi connectivity index (χ1n) is 11.2. The van der Waals surface area contributed by atoms with Crippen LogP contribution in [0.4, 0.5) is 0 Å². The summed E-state index contributed by atoms with van der Waals surface area (Å²) in [5.41, 5.74) is 0.282. The minimum absolute atomic E-state index is 0.282. The number of hydrogen-bond acceptors (Lipinski definition) is 6. The van der Waals surface area contributed by atoms with Gasteiger partial charge in [-0.1, -0.05) is 6.42 Å². The molecule has 3 saturated heterocycles. The largest absolute Gasteiger partial charge is 0.355 e. The van der Waals surface area contributed by atoms with Crippen LogP contribution in [-0.2, 0) is 0 Å². The fourth-order valence-electron chi connectivity index (χ4n) is 4.99. The molecule has 3 aliphatic rings. The van der Waals surface area contributed by atoms with E-state index in [4.69, 9.17) is 0 Å². The summed E-state index contributed by atoms with van der Waals surface area (Å²) in [6.07, 6.45) is 8.85. The Balaban J connectivity index is 1.51. The van der Waals surface area contributed by atoms with E-state index in [1.807, 2.05) is 0 Å². The highest BCUT2D eigenvalue weighted by Gasteiger charge is 2.28. The summed E-state index contributed by atoms with van der Waals surface area (Å²) in [6.45, 7) is 12.0. The van der Waals surface area contributed by atoms with E-state index in [0.29, 0.717) is 6.04 Å². The lowest BCUT2D eigenvalue weighted by molar-refractivity contribution is 0.214. The Kier molecular flexibility index (Phi) is 8.01. The highest BCUT2D eigenvalue weighted by atomic mass is 15.4. The van der Waals surface area contributed by atoms with Gasteiger partial charge >= 0.3 is 0 Å². The zero-order valence-corrected chi connectivity index (χ0v) is 17.6. The van der Waals surface area contributed by atoms with Gasteiger partial charge in [0.15, 0.2) is 5.57 Å². The minimum Gasteiger partial charge on any atom is -0.355 e. The fourth-order valence-corrected chi connectivity index (χ4v) is 4.99. The first kappa shape index (κ1) is 21.0. The molecule has 0 aliphatic carbocycles. The monoisotopic (exact) mass is 384 g/mol. The van der Waals surface area contributed by atoms with Crippen molar-refractivity contribution in [1.29, 1.82) is 10.5 Å². The summed E-state index contributed by atoms with van der Waals surface area (Å²) in [5, 5.41) is 19.0. The summed E-state index contributed by atoms with van der Waals surface area (Å²) in [7, 11) is 0. The summed E-state index contributed by atoms with van der Waals surface area (Å²) >= 11 is 0. The number of nitrogens with zero attached hydrogens (tertiary/aromatic N) is 6.